The summed E-state index contributed by atoms with van der Waals surface area (Å²) in [6, 6.07) is 6.14. The number of aromatic nitrogens is 2. The van der Waals surface area contributed by atoms with Crippen molar-refractivity contribution < 1.29 is 0 Å². The highest BCUT2D eigenvalue weighted by Gasteiger charge is 2.16. The van der Waals surface area contributed by atoms with E-state index in [1.807, 2.05) is 6.07 Å². The van der Waals surface area contributed by atoms with Crippen LogP contribution in [0.2, 0.25) is 0 Å². The predicted octanol–water partition coefficient (Wildman–Crippen LogP) is 1.22. The maximum absolute atomic E-state index is 11.7. The monoisotopic (exact) mass is 227 g/mol. The number of likely N-dealkylation sites (N-methyl/N-ethyl adjacent to an activating group) is 1. The lowest BCUT2D eigenvalue weighted by Gasteiger charge is -2.13. The van der Waals surface area contributed by atoms with Crippen LogP contribution in [0, 0.1) is 0 Å². The molecule has 86 valence electrons. The van der Waals surface area contributed by atoms with Gasteiger partial charge in [0.05, 0.1) is 11.9 Å². The van der Waals surface area contributed by atoms with Crippen LogP contribution in [0.25, 0.3) is 5.69 Å². The molecular formula is C13H13N3O. The Hall–Kier alpha value is -2.10. The second-order valence-corrected chi connectivity index (χ2v) is 4.27. The molecule has 17 heavy (non-hydrogen) atoms. The molecule has 0 amide bonds. The van der Waals surface area contributed by atoms with Gasteiger partial charge in [-0.2, -0.15) is 0 Å². The van der Waals surface area contributed by atoms with Gasteiger partial charge >= 0.3 is 0 Å². The molecular weight excluding hydrogens is 214 g/mol. The molecule has 0 atom stereocenters. The number of anilines is 1. The summed E-state index contributed by atoms with van der Waals surface area (Å²) >= 11 is 0. The largest absolute Gasteiger partial charge is 0.374 e. The molecule has 1 aliphatic rings. The summed E-state index contributed by atoms with van der Waals surface area (Å²) in [5, 5.41) is 0. The van der Waals surface area contributed by atoms with E-state index in [1.54, 1.807) is 17.0 Å². The Balaban J connectivity index is 2.15. The molecule has 0 N–H and O–H groups in total. The molecule has 4 nitrogen and oxygen atoms in total. The minimum atomic E-state index is -0.104. The summed E-state index contributed by atoms with van der Waals surface area (Å²) in [5.74, 6) is 0. The van der Waals surface area contributed by atoms with Crippen molar-refractivity contribution >= 4 is 5.69 Å². The Morgan fingerprint density at radius 1 is 1.35 bits per heavy atom. The van der Waals surface area contributed by atoms with Crippen LogP contribution < -0.4 is 10.5 Å². The number of hydrogen-bond donors (Lipinski definition) is 0. The maximum atomic E-state index is 11.7. The summed E-state index contributed by atoms with van der Waals surface area (Å²) in [7, 11) is 2.07. The Morgan fingerprint density at radius 3 is 3.06 bits per heavy atom. The first-order valence-corrected chi connectivity index (χ1v) is 5.63. The van der Waals surface area contributed by atoms with Crippen molar-refractivity contribution in [2.75, 3.05) is 18.5 Å². The van der Waals surface area contributed by atoms with E-state index in [2.05, 4.69) is 29.1 Å². The fourth-order valence-electron chi connectivity index (χ4n) is 2.24. The molecule has 0 fully saturated rings. The Labute approximate surface area is 99.1 Å². The lowest BCUT2D eigenvalue weighted by molar-refractivity contribution is 0.948. The van der Waals surface area contributed by atoms with Crippen molar-refractivity contribution in [1.82, 2.24) is 9.55 Å². The first-order chi connectivity index (χ1) is 8.25. The van der Waals surface area contributed by atoms with Gasteiger partial charge in [0, 0.05) is 31.7 Å². The zero-order valence-corrected chi connectivity index (χ0v) is 9.63. The number of nitrogens with zero attached hydrogens (tertiary/aromatic N) is 3. The molecule has 3 rings (SSSR count). The minimum Gasteiger partial charge on any atom is -0.374 e. The van der Waals surface area contributed by atoms with Crippen LogP contribution in [0.5, 0.6) is 0 Å². The van der Waals surface area contributed by atoms with E-state index in [0.717, 1.165) is 18.7 Å². The number of fused-ring (bicyclic) bond motifs is 1. The van der Waals surface area contributed by atoms with E-state index < -0.39 is 0 Å². The summed E-state index contributed by atoms with van der Waals surface area (Å²) in [6.45, 7) is 1.05. The van der Waals surface area contributed by atoms with Crippen LogP contribution in [-0.2, 0) is 6.42 Å². The molecule has 1 aliphatic heterocycles. The smallest absolute Gasteiger partial charge is 0.273 e. The second kappa shape index (κ2) is 3.73. The lowest BCUT2D eigenvalue weighted by Crippen LogP contribution is -2.17. The molecule has 0 unspecified atom stereocenters. The molecule has 0 aliphatic carbocycles. The highest BCUT2D eigenvalue weighted by atomic mass is 16.1. The van der Waals surface area contributed by atoms with Gasteiger partial charge in [-0.3, -0.25) is 14.3 Å². The fourth-order valence-corrected chi connectivity index (χ4v) is 2.24. The van der Waals surface area contributed by atoms with E-state index in [9.17, 15) is 4.79 Å². The second-order valence-electron chi connectivity index (χ2n) is 4.27. The van der Waals surface area contributed by atoms with E-state index >= 15 is 0 Å². The predicted molar refractivity (Wildman–Crippen MR) is 66.8 cm³/mol. The van der Waals surface area contributed by atoms with Crippen molar-refractivity contribution in [2.24, 2.45) is 0 Å². The molecule has 2 heterocycles. The molecule has 1 aromatic heterocycles. The van der Waals surface area contributed by atoms with Gasteiger partial charge in [-0.1, -0.05) is 6.07 Å². The first-order valence-electron chi connectivity index (χ1n) is 5.63. The SMILES string of the molecule is CN1CCc2ccc(-n3ccncc3=O)cc21. The maximum Gasteiger partial charge on any atom is 0.273 e. The van der Waals surface area contributed by atoms with Crippen LogP contribution in [0.4, 0.5) is 5.69 Å². The van der Waals surface area contributed by atoms with Crippen molar-refractivity contribution in [2.45, 2.75) is 6.42 Å². The number of rotatable bonds is 1. The van der Waals surface area contributed by atoms with Crippen molar-refractivity contribution in [3.63, 3.8) is 0 Å². The van der Waals surface area contributed by atoms with Gasteiger partial charge in [0.1, 0.15) is 0 Å². The fraction of sp³-hybridized carbons (Fsp3) is 0.231. The Kier molecular flexibility index (Phi) is 2.21. The topological polar surface area (TPSA) is 38.1 Å². The van der Waals surface area contributed by atoms with Crippen molar-refractivity contribution in [1.29, 1.82) is 0 Å². The highest BCUT2D eigenvalue weighted by Crippen LogP contribution is 2.28. The average molecular weight is 227 g/mol. The van der Waals surface area contributed by atoms with E-state index in [0.29, 0.717) is 0 Å². The van der Waals surface area contributed by atoms with E-state index in [4.69, 9.17) is 0 Å². The Morgan fingerprint density at radius 2 is 2.24 bits per heavy atom. The minimum absolute atomic E-state index is 0.104. The molecule has 4 heteroatoms. The normalized spacial score (nSPS) is 13.8. The van der Waals surface area contributed by atoms with Crippen LogP contribution >= 0.6 is 0 Å². The third kappa shape index (κ3) is 1.62. The molecule has 2 aromatic rings. The zero-order valence-electron chi connectivity index (χ0n) is 9.63. The molecule has 0 spiro atoms. The van der Waals surface area contributed by atoms with Crippen molar-refractivity contribution in [3.05, 3.63) is 52.7 Å². The summed E-state index contributed by atoms with van der Waals surface area (Å²) in [4.78, 5) is 17.7. The summed E-state index contributed by atoms with van der Waals surface area (Å²) < 4.78 is 1.61. The number of benzene rings is 1. The zero-order chi connectivity index (χ0) is 11.8. The van der Waals surface area contributed by atoms with Crippen LogP contribution in [0.3, 0.4) is 0 Å². The standard InChI is InChI=1S/C13H13N3O/c1-15-6-4-10-2-3-11(8-12(10)15)16-7-5-14-9-13(16)17/h2-3,5,7-9H,4,6H2,1H3. The number of hydrogen-bond acceptors (Lipinski definition) is 3. The van der Waals surface area contributed by atoms with Gasteiger partial charge in [-0.25, -0.2) is 0 Å². The van der Waals surface area contributed by atoms with Crippen molar-refractivity contribution in [3.8, 4) is 5.69 Å². The summed E-state index contributed by atoms with van der Waals surface area (Å²) in [6.07, 6.45) is 5.73. The van der Waals surface area contributed by atoms with Gasteiger partial charge in [-0.15, -0.1) is 0 Å². The quantitative estimate of drug-likeness (QED) is 0.735. The molecule has 1 aromatic carbocycles. The summed E-state index contributed by atoms with van der Waals surface area (Å²) in [5.41, 5.74) is 3.35. The molecule has 0 radical (unpaired) electrons. The highest BCUT2D eigenvalue weighted by molar-refractivity contribution is 5.61. The third-order valence-corrected chi connectivity index (χ3v) is 3.20. The lowest BCUT2D eigenvalue weighted by atomic mass is 10.1. The van der Waals surface area contributed by atoms with Crippen LogP contribution in [0.1, 0.15) is 5.56 Å². The van der Waals surface area contributed by atoms with Gasteiger partial charge in [0.25, 0.3) is 5.56 Å². The third-order valence-electron chi connectivity index (χ3n) is 3.20. The van der Waals surface area contributed by atoms with Gasteiger partial charge in [0.2, 0.25) is 0 Å². The van der Waals surface area contributed by atoms with Gasteiger partial charge < -0.3 is 4.90 Å². The average Bonchev–Trinajstić information content (AvgIpc) is 2.71. The molecule has 0 bridgehead atoms. The van der Waals surface area contributed by atoms with E-state index in [-0.39, 0.29) is 5.56 Å². The van der Waals surface area contributed by atoms with Crippen LogP contribution in [0.15, 0.2) is 41.6 Å². The van der Waals surface area contributed by atoms with Gasteiger partial charge in [0.15, 0.2) is 0 Å². The van der Waals surface area contributed by atoms with E-state index in [1.165, 1.54) is 17.4 Å². The Bertz CT molecular complexity index is 618. The van der Waals surface area contributed by atoms with Gasteiger partial charge in [-0.05, 0) is 24.1 Å². The first kappa shape index (κ1) is 10.1. The molecule has 0 saturated carbocycles. The van der Waals surface area contributed by atoms with Crippen LogP contribution in [-0.4, -0.2) is 23.1 Å². The molecule has 0 saturated heterocycles.